The summed E-state index contributed by atoms with van der Waals surface area (Å²) in [6, 6.07) is 9.88. The Balaban J connectivity index is 1.40. The van der Waals surface area contributed by atoms with Gasteiger partial charge in [-0.15, -0.1) is 0 Å². The fraction of sp³-hybridized carbons (Fsp3) is 0.316. The number of guanidine groups is 1. The molecule has 3 rings (SSSR count). The van der Waals surface area contributed by atoms with Crippen LogP contribution in [0.25, 0.3) is 0 Å². The first-order valence-corrected chi connectivity index (χ1v) is 8.63. The monoisotopic (exact) mass is 353 g/mol. The number of nitrogens with one attached hydrogen (secondary N) is 3. The highest BCUT2D eigenvalue weighted by molar-refractivity contribution is 5.94. The number of amides is 1. The number of pyridine rings is 1. The van der Waals surface area contributed by atoms with Gasteiger partial charge in [-0.1, -0.05) is 12.1 Å². The number of carbonyl (C=O) groups is 1. The zero-order valence-electron chi connectivity index (χ0n) is 14.8. The van der Waals surface area contributed by atoms with Crippen molar-refractivity contribution in [1.82, 2.24) is 15.6 Å². The van der Waals surface area contributed by atoms with E-state index in [1.807, 2.05) is 6.07 Å². The van der Waals surface area contributed by atoms with Crippen molar-refractivity contribution in [1.29, 1.82) is 0 Å². The van der Waals surface area contributed by atoms with Crippen LogP contribution in [0.5, 0.6) is 5.75 Å². The van der Waals surface area contributed by atoms with E-state index in [1.54, 1.807) is 31.6 Å². The number of aliphatic imine (C=N–C) groups is 1. The molecule has 0 unspecified atom stereocenters. The number of hydrogen-bond acceptors (Lipinski definition) is 4. The molecule has 1 amide bonds. The second-order valence-electron chi connectivity index (χ2n) is 5.93. The number of aromatic nitrogens is 1. The highest BCUT2D eigenvalue weighted by Gasteiger charge is 2.11. The normalized spacial score (nSPS) is 12.9. The average Bonchev–Trinajstić information content (AvgIpc) is 3.13. The van der Waals surface area contributed by atoms with Crippen molar-refractivity contribution < 1.29 is 9.53 Å². The quantitative estimate of drug-likeness (QED) is 0.539. The number of anilines is 1. The third-order valence-corrected chi connectivity index (χ3v) is 4.05. The molecule has 7 nitrogen and oxygen atoms in total. The molecule has 0 fully saturated rings. The lowest BCUT2D eigenvalue weighted by Crippen LogP contribution is -2.42. The predicted octanol–water partition coefficient (Wildman–Crippen LogP) is 1.36. The maximum Gasteiger partial charge on any atom is 0.243 e. The van der Waals surface area contributed by atoms with Gasteiger partial charge in [0, 0.05) is 26.2 Å². The molecule has 1 aliphatic heterocycles. The SMILES string of the molecule is CN=C(NCCc1ccc2c(c1)CCO2)NCC(=O)Nc1cccnc1. The minimum absolute atomic E-state index is 0.130. The number of benzene rings is 1. The second-order valence-corrected chi connectivity index (χ2v) is 5.93. The summed E-state index contributed by atoms with van der Waals surface area (Å²) in [4.78, 5) is 20.0. The van der Waals surface area contributed by atoms with Crippen LogP contribution in [-0.2, 0) is 17.6 Å². The molecule has 7 heteroatoms. The van der Waals surface area contributed by atoms with E-state index in [1.165, 1.54) is 11.1 Å². The molecule has 0 radical (unpaired) electrons. The van der Waals surface area contributed by atoms with Crippen LogP contribution >= 0.6 is 0 Å². The van der Waals surface area contributed by atoms with Crippen molar-refractivity contribution in [3.05, 3.63) is 53.9 Å². The van der Waals surface area contributed by atoms with Crippen molar-refractivity contribution in [3.63, 3.8) is 0 Å². The Hall–Kier alpha value is -3.09. The van der Waals surface area contributed by atoms with Crippen LogP contribution in [0.3, 0.4) is 0 Å². The number of rotatable bonds is 6. The van der Waals surface area contributed by atoms with Gasteiger partial charge in [0.1, 0.15) is 5.75 Å². The van der Waals surface area contributed by atoms with E-state index < -0.39 is 0 Å². The molecule has 2 heterocycles. The minimum atomic E-state index is -0.153. The minimum Gasteiger partial charge on any atom is -0.493 e. The highest BCUT2D eigenvalue weighted by Crippen LogP contribution is 2.25. The summed E-state index contributed by atoms with van der Waals surface area (Å²) >= 11 is 0. The Bertz CT molecular complexity index is 777. The van der Waals surface area contributed by atoms with E-state index >= 15 is 0 Å². The summed E-state index contributed by atoms with van der Waals surface area (Å²) in [6.07, 6.45) is 5.11. The Kier molecular flexibility index (Phi) is 6.03. The molecule has 0 spiro atoms. The smallest absolute Gasteiger partial charge is 0.243 e. The third kappa shape index (κ3) is 4.95. The molecule has 0 bridgehead atoms. The van der Waals surface area contributed by atoms with Crippen LogP contribution < -0.4 is 20.7 Å². The van der Waals surface area contributed by atoms with Gasteiger partial charge in [0.15, 0.2) is 5.96 Å². The van der Waals surface area contributed by atoms with Crippen LogP contribution in [0.15, 0.2) is 47.7 Å². The number of hydrogen-bond donors (Lipinski definition) is 3. The maximum absolute atomic E-state index is 11.9. The van der Waals surface area contributed by atoms with Gasteiger partial charge >= 0.3 is 0 Å². The van der Waals surface area contributed by atoms with E-state index in [2.05, 4.69) is 38.1 Å². The third-order valence-electron chi connectivity index (χ3n) is 4.05. The first kappa shape index (κ1) is 17.7. The molecule has 136 valence electrons. The summed E-state index contributed by atoms with van der Waals surface area (Å²) in [7, 11) is 1.68. The van der Waals surface area contributed by atoms with E-state index in [0.29, 0.717) is 11.6 Å². The molecule has 1 aromatic carbocycles. The molecule has 0 atom stereocenters. The summed E-state index contributed by atoms with van der Waals surface area (Å²) in [5.41, 5.74) is 3.20. The number of ether oxygens (including phenoxy) is 1. The molecule has 0 saturated carbocycles. The van der Waals surface area contributed by atoms with Crippen molar-refractivity contribution in [2.45, 2.75) is 12.8 Å². The Morgan fingerprint density at radius 1 is 1.31 bits per heavy atom. The standard InChI is InChI=1S/C19H23N5O2/c1-20-19(23-13-18(25)24-16-3-2-8-21-12-16)22-9-6-14-4-5-17-15(11-14)7-10-26-17/h2-5,8,11-12H,6-7,9-10,13H2,1H3,(H,24,25)(H2,20,22,23). The van der Waals surface area contributed by atoms with Gasteiger partial charge in [-0.2, -0.15) is 0 Å². The van der Waals surface area contributed by atoms with Gasteiger partial charge in [-0.3, -0.25) is 14.8 Å². The van der Waals surface area contributed by atoms with Crippen LogP contribution in [0.4, 0.5) is 5.69 Å². The molecule has 1 aliphatic rings. The van der Waals surface area contributed by atoms with Crippen molar-refractivity contribution in [2.75, 3.05) is 32.1 Å². The predicted molar refractivity (Wildman–Crippen MR) is 102 cm³/mol. The molecule has 26 heavy (non-hydrogen) atoms. The summed E-state index contributed by atoms with van der Waals surface area (Å²) in [6.45, 7) is 1.63. The number of nitrogens with zero attached hydrogens (tertiary/aromatic N) is 2. The fourth-order valence-electron chi connectivity index (χ4n) is 2.75. The lowest BCUT2D eigenvalue weighted by atomic mass is 10.1. The number of fused-ring (bicyclic) bond motifs is 1. The molecule has 1 aromatic heterocycles. The molecular weight excluding hydrogens is 330 g/mol. The van der Waals surface area contributed by atoms with E-state index in [4.69, 9.17) is 4.74 Å². The van der Waals surface area contributed by atoms with Crippen molar-refractivity contribution in [3.8, 4) is 5.75 Å². The maximum atomic E-state index is 11.9. The second kappa shape index (κ2) is 8.84. The Morgan fingerprint density at radius 2 is 2.23 bits per heavy atom. The van der Waals surface area contributed by atoms with Crippen LogP contribution in [0, 0.1) is 0 Å². The molecule has 2 aromatic rings. The van der Waals surface area contributed by atoms with Gasteiger partial charge in [-0.25, -0.2) is 0 Å². The summed E-state index contributed by atoms with van der Waals surface area (Å²) < 4.78 is 5.52. The largest absolute Gasteiger partial charge is 0.493 e. The topological polar surface area (TPSA) is 87.6 Å². The molecule has 0 saturated heterocycles. The molecular formula is C19H23N5O2. The fourth-order valence-corrected chi connectivity index (χ4v) is 2.75. The zero-order chi connectivity index (χ0) is 18.2. The first-order valence-electron chi connectivity index (χ1n) is 8.63. The van der Waals surface area contributed by atoms with Crippen LogP contribution in [0.1, 0.15) is 11.1 Å². The lowest BCUT2D eigenvalue weighted by Gasteiger charge is -2.12. The van der Waals surface area contributed by atoms with Crippen LogP contribution in [0.2, 0.25) is 0 Å². The zero-order valence-corrected chi connectivity index (χ0v) is 14.8. The summed E-state index contributed by atoms with van der Waals surface area (Å²) in [5.74, 6) is 1.44. The molecule has 0 aliphatic carbocycles. The van der Waals surface area contributed by atoms with Crippen LogP contribution in [-0.4, -0.2) is 43.6 Å². The average molecular weight is 353 g/mol. The van der Waals surface area contributed by atoms with E-state index in [9.17, 15) is 4.79 Å². The first-order chi connectivity index (χ1) is 12.7. The van der Waals surface area contributed by atoms with E-state index in [-0.39, 0.29) is 12.5 Å². The van der Waals surface area contributed by atoms with E-state index in [0.717, 1.165) is 31.7 Å². The number of carbonyl (C=O) groups excluding carboxylic acids is 1. The highest BCUT2D eigenvalue weighted by atomic mass is 16.5. The Morgan fingerprint density at radius 3 is 3.04 bits per heavy atom. The van der Waals surface area contributed by atoms with Gasteiger partial charge in [0.05, 0.1) is 25.0 Å². The van der Waals surface area contributed by atoms with Gasteiger partial charge < -0.3 is 20.7 Å². The summed E-state index contributed by atoms with van der Waals surface area (Å²) in [5, 5.41) is 8.99. The van der Waals surface area contributed by atoms with Crippen molar-refractivity contribution in [2.24, 2.45) is 4.99 Å². The lowest BCUT2D eigenvalue weighted by molar-refractivity contribution is -0.115. The Labute approximate surface area is 152 Å². The van der Waals surface area contributed by atoms with Gasteiger partial charge in [-0.05, 0) is 35.7 Å². The van der Waals surface area contributed by atoms with Gasteiger partial charge in [0.25, 0.3) is 0 Å². The van der Waals surface area contributed by atoms with Crippen molar-refractivity contribution >= 4 is 17.6 Å². The molecule has 3 N–H and O–H groups in total. The van der Waals surface area contributed by atoms with Gasteiger partial charge in [0.2, 0.25) is 5.91 Å².